The van der Waals surface area contributed by atoms with Gasteiger partial charge in [0.1, 0.15) is 5.65 Å². The molecule has 0 aliphatic heterocycles. The van der Waals surface area contributed by atoms with Gasteiger partial charge in [0.15, 0.2) is 0 Å². The minimum absolute atomic E-state index is 0.140. The van der Waals surface area contributed by atoms with Crippen molar-refractivity contribution in [1.29, 1.82) is 0 Å². The van der Waals surface area contributed by atoms with Crippen molar-refractivity contribution in [2.75, 3.05) is 0 Å². The average molecular weight is 419 g/mol. The van der Waals surface area contributed by atoms with Crippen LogP contribution in [0, 0.1) is 12.8 Å². The molecule has 1 aliphatic carbocycles. The van der Waals surface area contributed by atoms with Crippen molar-refractivity contribution in [2.45, 2.75) is 58.5 Å². The first-order valence-corrected chi connectivity index (χ1v) is 11.1. The summed E-state index contributed by atoms with van der Waals surface area (Å²) in [7, 11) is 0. The quantitative estimate of drug-likeness (QED) is 0.626. The van der Waals surface area contributed by atoms with E-state index in [1.54, 1.807) is 12.1 Å². The number of hydrogen-bond donors (Lipinski definition) is 2. The van der Waals surface area contributed by atoms with Gasteiger partial charge in [0.25, 0.3) is 5.91 Å². The Hall–Kier alpha value is -3.15. The maximum atomic E-state index is 12.7. The number of fused-ring (bicyclic) bond motifs is 1. The van der Waals surface area contributed by atoms with E-state index in [0.29, 0.717) is 12.1 Å². The second-order valence-corrected chi connectivity index (χ2v) is 8.53. The van der Waals surface area contributed by atoms with Gasteiger partial charge in [-0.25, -0.2) is 4.98 Å². The maximum absolute atomic E-state index is 12.7. The van der Waals surface area contributed by atoms with Crippen LogP contribution in [0.3, 0.4) is 0 Å². The van der Waals surface area contributed by atoms with Gasteiger partial charge in [-0.05, 0) is 56.0 Å². The molecule has 0 radical (unpaired) electrons. The summed E-state index contributed by atoms with van der Waals surface area (Å²) in [5, 5.41) is 6.06. The summed E-state index contributed by atoms with van der Waals surface area (Å²) in [6.07, 6.45) is 9.43. The number of nitrogens with one attached hydrogen (secondary N) is 2. The number of carbonyl (C=O) groups is 2. The number of imidazole rings is 1. The van der Waals surface area contributed by atoms with Gasteiger partial charge in [-0.2, -0.15) is 0 Å². The molecule has 2 amide bonds. The predicted molar refractivity (Wildman–Crippen MR) is 121 cm³/mol. The minimum atomic E-state index is -0.207. The van der Waals surface area contributed by atoms with Crippen LogP contribution in [-0.2, 0) is 11.3 Å². The highest BCUT2D eigenvalue weighted by molar-refractivity contribution is 5.94. The summed E-state index contributed by atoms with van der Waals surface area (Å²) in [5.41, 5.74) is 4.40. The predicted octanol–water partition coefficient (Wildman–Crippen LogP) is 4.33. The van der Waals surface area contributed by atoms with Gasteiger partial charge in [0, 0.05) is 30.4 Å². The van der Waals surface area contributed by atoms with Crippen LogP contribution in [0.15, 0.2) is 48.8 Å². The van der Waals surface area contributed by atoms with Gasteiger partial charge in [0.05, 0.1) is 11.7 Å². The number of aryl methyl sites for hydroxylation is 1. The zero-order valence-corrected chi connectivity index (χ0v) is 18.2. The highest BCUT2D eigenvalue weighted by atomic mass is 16.2. The Balaban J connectivity index is 1.33. The maximum Gasteiger partial charge on any atom is 0.251 e. The molecule has 2 aromatic heterocycles. The molecule has 0 spiro atoms. The lowest BCUT2D eigenvalue weighted by Crippen LogP contribution is -2.31. The van der Waals surface area contributed by atoms with Gasteiger partial charge in [-0.1, -0.05) is 37.5 Å². The zero-order valence-electron chi connectivity index (χ0n) is 18.2. The number of hydrogen-bond acceptors (Lipinski definition) is 3. The highest BCUT2D eigenvalue weighted by Gasteiger charge is 2.20. The van der Waals surface area contributed by atoms with Crippen LogP contribution in [-0.4, -0.2) is 21.2 Å². The summed E-state index contributed by atoms with van der Waals surface area (Å²) in [6.45, 7) is 4.45. The van der Waals surface area contributed by atoms with Crippen LogP contribution in [0.4, 0.5) is 0 Å². The van der Waals surface area contributed by atoms with Gasteiger partial charge in [-0.3, -0.25) is 9.59 Å². The second kappa shape index (κ2) is 9.33. The van der Waals surface area contributed by atoms with Crippen LogP contribution < -0.4 is 10.6 Å². The first kappa shape index (κ1) is 21.1. The van der Waals surface area contributed by atoms with Gasteiger partial charge in [0.2, 0.25) is 5.91 Å². The van der Waals surface area contributed by atoms with Crippen molar-refractivity contribution < 1.29 is 9.59 Å². The molecule has 31 heavy (non-hydrogen) atoms. The summed E-state index contributed by atoms with van der Waals surface area (Å²) in [5.74, 6) is 0.167. The topological polar surface area (TPSA) is 75.5 Å². The van der Waals surface area contributed by atoms with Crippen LogP contribution >= 0.6 is 0 Å². The first-order valence-electron chi connectivity index (χ1n) is 11.1. The molecule has 6 nitrogen and oxygen atoms in total. The smallest absolute Gasteiger partial charge is 0.251 e. The highest BCUT2D eigenvalue weighted by Crippen LogP contribution is 2.23. The number of nitrogens with zero attached hydrogens (tertiary/aromatic N) is 2. The lowest BCUT2D eigenvalue weighted by molar-refractivity contribution is -0.126. The van der Waals surface area contributed by atoms with E-state index in [-0.39, 0.29) is 23.8 Å². The fourth-order valence-electron chi connectivity index (χ4n) is 4.21. The van der Waals surface area contributed by atoms with Crippen LogP contribution in [0.25, 0.3) is 5.65 Å². The van der Waals surface area contributed by atoms with E-state index < -0.39 is 0 Å². The van der Waals surface area contributed by atoms with Crippen LogP contribution in [0.5, 0.6) is 0 Å². The molecule has 1 saturated carbocycles. The number of pyridine rings is 1. The van der Waals surface area contributed by atoms with Crippen molar-refractivity contribution >= 4 is 17.5 Å². The van der Waals surface area contributed by atoms with Crippen molar-refractivity contribution in [3.63, 3.8) is 0 Å². The summed E-state index contributed by atoms with van der Waals surface area (Å²) in [4.78, 5) is 29.6. The molecule has 3 aromatic rings. The third-order valence-electron chi connectivity index (χ3n) is 6.15. The Kier molecular flexibility index (Phi) is 6.35. The summed E-state index contributed by atoms with van der Waals surface area (Å²) >= 11 is 0. The van der Waals surface area contributed by atoms with Gasteiger partial charge >= 0.3 is 0 Å². The van der Waals surface area contributed by atoms with Crippen LogP contribution in [0.2, 0.25) is 0 Å². The molecular weight excluding hydrogens is 388 g/mol. The molecule has 1 unspecified atom stereocenters. The minimum Gasteiger partial charge on any atom is -0.352 e. The molecule has 1 fully saturated rings. The van der Waals surface area contributed by atoms with Gasteiger partial charge in [-0.15, -0.1) is 0 Å². The molecule has 1 aromatic carbocycles. The molecule has 1 atom stereocenters. The normalized spacial score (nSPS) is 15.5. The number of rotatable bonds is 6. The fraction of sp³-hybridized carbons (Fsp3) is 0.400. The fourth-order valence-corrected chi connectivity index (χ4v) is 4.21. The van der Waals surface area contributed by atoms with Gasteiger partial charge < -0.3 is 15.0 Å². The molecule has 1 aliphatic rings. The van der Waals surface area contributed by atoms with E-state index >= 15 is 0 Å². The number of aromatic nitrogens is 2. The Morgan fingerprint density at radius 1 is 1.13 bits per heavy atom. The Morgan fingerprint density at radius 3 is 2.58 bits per heavy atom. The van der Waals surface area contributed by atoms with Crippen molar-refractivity contribution in [1.82, 2.24) is 20.0 Å². The standard InChI is InChI=1S/C25H30N4O2/c1-17-7-6-14-29-16-22(28-23(17)29)18(2)27-25(31)21-12-10-19(11-13-21)15-26-24(30)20-8-4-3-5-9-20/h6-7,10-14,16,18,20H,3-5,8-9,15H2,1-2H3,(H,26,30)(H,27,31). The third kappa shape index (κ3) is 4.95. The lowest BCUT2D eigenvalue weighted by atomic mass is 9.88. The lowest BCUT2D eigenvalue weighted by Gasteiger charge is -2.20. The van der Waals surface area contributed by atoms with E-state index in [4.69, 9.17) is 0 Å². The number of amides is 2. The van der Waals surface area contributed by atoms with Crippen molar-refractivity contribution in [3.8, 4) is 0 Å². The molecule has 2 N–H and O–H groups in total. The Labute approximate surface area is 183 Å². The SMILES string of the molecule is Cc1cccn2cc(C(C)NC(=O)c3ccc(CNC(=O)C4CCCCC4)cc3)nc12. The summed E-state index contributed by atoms with van der Waals surface area (Å²) < 4.78 is 1.98. The second-order valence-electron chi connectivity index (χ2n) is 8.53. The third-order valence-corrected chi connectivity index (χ3v) is 6.15. The van der Waals surface area contributed by atoms with E-state index in [1.165, 1.54) is 6.42 Å². The number of benzene rings is 1. The van der Waals surface area contributed by atoms with Crippen LogP contribution in [0.1, 0.15) is 72.2 Å². The van der Waals surface area contributed by atoms with E-state index in [2.05, 4.69) is 15.6 Å². The molecule has 2 heterocycles. The Bertz CT molecular complexity index is 1060. The molecule has 6 heteroatoms. The number of carbonyl (C=O) groups excluding carboxylic acids is 2. The molecule has 162 valence electrons. The van der Waals surface area contributed by atoms with E-state index in [9.17, 15) is 9.59 Å². The molecular formula is C25H30N4O2. The van der Waals surface area contributed by atoms with Crippen molar-refractivity contribution in [2.24, 2.45) is 5.92 Å². The molecule has 0 bridgehead atoms. The Morgan fingerprint density at radius 2 is 1.87 bits per heavy atom. The molecule has 4 rings (SSSR count). The molecule has 0 saturated heterocycles. The largest absolute Gasteiger partial charge is 0.352 e. The monoisotopic (exact) mass is 418 g/mol. The van der Waals surface area contributed by atoms with E-state index in [0.717, 1.165) is 48.2 Å². The first-order chi connectivity index (χ1) is 15.0. The summed E-state index contributed by atoms with van der Waals surface area (Å²) in [6, 6.07) is 11.2. The van der Waals surface area contributed by atoms with E-state index in [1.807, 2.05) is 54.9 Å². The zero-order chi connectivity index (χ0) is 21.8. The average Bonchev–Trinajstić information content (AvgIpc) is 3.24. The van der Waals surface area contributed by atoms with Crippen molar-refractivity contribution in [3.05, 3.63) is 71.2 Å².